The highest BCUT2D eigenvalue weighted by atomic mass is 35.5. The number of nitrogens with zero attached hydrogens (tertiary/aromatic N) is 1. The van der Waals surface area contributed by atoms with E-state index in [1.54, 1.807) is 6.07 Å². The summed E-state index contributed by atoms with van der Waals surface area (Å²) in [7, 11) is 0. The summed E-state index contributed by atoms with van der Waals surface area (Å²) in [5.41, 5.74) is 3.22. The van der Waals surface area contributed by atoms with Gasteiger partial charge in [0.05, 0.1) is 11.8 Å². The van der Waals surface area contributed by atoms with Gasteiger partial charge in [-0.15, -0.1) is 0 Å². The quantitative estimate of drug-likeness (QED) is 0.771. The predicted molar refractivity (Wildman–Crippen MR) is 74.3 cm³/mol. The molecule has 0 saturated carbocycles. The van der Waals surface area contributed by atoms with Gasteiger partial charge in [0.15, 0.2) is 5.22 Å². The van der Waals surface area contributed by atoms with E-state index < -0.39 is 6.10 Å². The molecular formula is C15H12ClNO2. The zero-order valence-electron chi connectivity index (χ0n) is 10.3. The number of halogens is 1. The fourth-order valence-corrected chi connectivity index (χ4v) is 2.31. The monoisotopic (exact) mass is 273 g/mol. The summed E-state index contributed by atoms with van der Waals surface area (Å²) in [6, 6.07) is 11.3. The van der Waals surface area contributed by atoms with Gasteiger partial charge in [-0.3, -0.25) is 4.98 Å². The van der Waals surface area contributed by atoms with Gasteiger partial charge in [-0.05, 0) is 48.4 Å². The van der Waals surface area contributed by atoms with Crippen LogP contribution in [-0.4, -0.2) is 10.1 Å². The Morgan fingerprint density at radius 3 is 2.79 bits per heavy atom. The lowest BCUT2D eigenvalue weighted by atomic mass is 10.0. The van der Waals surface area contributed by atoms with Crippen molar-refractivity contribution < 1.29 is 9.52 Å². The van der Waals surface area contributed by atoms with Crippen molar-refractivity contribution in [2.24, 2.45) is 0 Å². The molecule has 3 rings (SSSR count). The van der Waals surface area contributed by atoms with Crippen molar-refractivity contribution in [3.05, 3.63) is 64.7 Å². The first kappa shape index (κ1) is 12.2. The summed E-state index contributed by atoms with van der Waals surface area (Å²) in [4.78, 5) is 4.43. The van der Waals surface area contributed by atoms with Crippen molar-refractivity contribution in [3.63, 3.8) is 0 Å². The molecule has 0 aliphatic carbocycles. The van der Waals surface area contributed by atoms with Crippen molar-refractivity contribution in [2.75, 3.05) is 0 Å². The molecule has 1 aromatic carbocycles. The van der Waals surface area contributed by atoms with Crippen LogP contribution in [0.5, 0.6) is 0 Å². The first-order valence-corrected chi connectivity index (χ1v) is 6.31. The first-order chi connectivity index (χ1) is 9.15. The van der Waals surface area contributed by atoms with E-state index >= 15 is 0 Å². The molecule has 0 fully saturated rings. The molecule has 0 aliphatic rings. The van der Waals surface area contributed by atoms with E-state index in [2.05, 4.69) is 4.98 Å². The first-order valence-electron chi connectivity index (χ1n) is 5.93. The molecule has 3 aromatic rings. The SMILES string of the molecule is Cc1ccc2cc(C(O)c3ccoc3Cl)ccc2n1. The van der Waals surface area contributed by atoms with Crippen LogP contribution < -0.4 is 0 Å². The zero-order chi connectivity index (χ0) is 13.4. The Bertz CT molecular complexity index is 736. The van der Waals surface area contributed by atoms with E-state index in [1.807, 2.05) is 37.3 Å². The minimum atomic E-state index is -0.794. The molecular weight excluding hydrogens is 262 g/mol. The van der Waals surface area contributed by atoms with Crippen LogP contribution >= 0.6 is 11.6 Å². The number of benzene rings is 1. The summed E-state index contributed by atoms with van der Waals surface area (Å²) in [5, 5.41) is 11.5. The summed E-state index contributed by atoms with van der Waals surface area (Å²) >= 11 is 5.88. The van der Waals surface area contributed by atoms with Gasteiger partial charge >= 0.3 is 0 Å². The Labute approximate surface area is 115 Å². The maximum atomic E-state index is 10.3. The molecule has 0 aliphatic heterocycles. The van der Waals surface area contributed by atoms with Crippen molar-refractivity contribution in [3.8, 4) is 0 Å². The van der Waals surface area contributed by atoms with E-state index in [0.29, 0.717) is 5.56 Å². The smallest absolute Gasteiger partial charge is 0.199 e. The van der Waals surface area contributed by atoms with E-state index in [-0.39, 0.29) is 5.22 Å². The number of furan rings is 1. The van der Waals surface area contributed by atoms with Crippen LogP contribution in [0.1, 0.15) is 22.9 Å². The maximum Gasteiger partial charge on any atom is 0.199 e. The molecule has 1 unspecified atom stereocenters. The van der Waals surface area contributed by atoms with Gasteiger partial charge in [-0.25, -0.2) is 0 Å². The number of aryl methyl sites for hydroxylation is 1. The normalized spacial score (nSPS) is 12.8. The number of pyridine rings is 1. The molecule has 1 N–H and O–H groups in total. The van der Waals surface area contributed by atoms with Crippen molar-refractivity contribution in [1.82, 2.24) is 4.98 Å². The number of rotatable bonds is 2. The highest BCUT2D eigenvalue weighted by Gasteiger charge is 2.16. The minimum Gasteiger partial charge on any atom is -0.453 e. The number of hydrogen-bond acceptors (Lipinski definition) is 3. The van der Waals surface area contributed by atoms with Gasteiger partial charge in [0.2, 0.25) is 0 Å². The molecule has 0 spiro atoms. The Kier molecular flexibility index (Phi) is 3.01. The lowest BCUT2D eigenvalue weighted by Crippen LogP contribution is -1.99. The molecule has 0 radical (unpaired) electrons. The number of fused-ring (bicyclic) bond motifs is 1. The van der Waals surface area contributed by atoms with Gasteiger partial charge in [0.25, 0.3) is 0 Å². The largest absolute Gasteiger partial charge is 0.453 e. The molecule has 0 saturated heterocycles. The van der Waals surface area contributed by atoms with Crippen LogP contribution in [0.15, 0.2) is 47.1 Å². The van der Waals surface area contributed by atoms with Crippen molar-refractivity contribution in [1.29, 1.82) is 0 Å². The Morgan fingerprint density at radius 1 is 1.21 bits per heavy atom. The molecule has 3 nitrogen and oxygen atoms in total. The van der Waals surface area contributed by atoms with Crippen molar-refractivity contribution in [2.45, 2.75) is 13.0 Å². The van der Waals surface area contributed by atoms with Gasteiger partial charge in [-0.1, -0.05) is 12.1 Å². The van der Waals surface area contributed by atoms with Crippen LogP contribution in [0.3, 0.4) is 0 Å². The minimum absolute atomic E-state index is 0.217. The van der Waals surface area contributed by atoms with Gasteiger partial charge in [0, 0.05) is 16.6 Å². The average Bonchev–Trinajstić information content (AvgIpc) is 2.83. The zero-order valence-corrected chi connectivity index (χ0v) is 11.1. The van der Waals surface area contributed by atoms with Crippen LogP contribution in [0.25, 0.3) is 10.9 Å². The standard InChI is InChI=1S/C15H12ClNO2/c1-9-2-3-10-8-11(4-5-13(10)17-9)14(18)12-6-7-19-15(12)16/h2-8,14,18H,1H3. The van der Waals surface area contributed by atoms with Gasteiger partial charge < -0.3 is 9.52 Å². The molecule has 19 heavy (non-hydrogen) atoms. The molecule has 96 valence electrons. The maximum absolute atomic E-state index is 10.3. The van der Waals surface area contributed by atoms with E-state index in [9.17, 15) is 5.11 Å². The van der Waals surface area contributed by atoms with Crippen molar-refractivity contribution >= 4 is 22.5 Å². The second-order valence-corrected chi connectivity index (χ2v) is 4.80. The third-order valence-electron chi connectivity index (χ3n) is 3.11. The fraction of sp³-hybridized carbons (Fsp3) is 0.133. The Balaban J connectivity index is 2.06. The highest BCUT2D eigenvalue weighted by molar-refractivity contribution is 6.29. The lowest BCUT2D eigenvalue weighted by molar-refractivity contribution is 0.219. The van der Waals surface area contributed by atoms with Crippen LogP contribution in [0.2, 0.25) is 5.22 Å². The van der Waals surface area contributed by atoms with E-state index in [1.165, 1.54) is 6.26 Å². The number of aliphatic hydroxyl groups excluding tert-OH is 1. The molecule has 0 bridgehead atoms. The fourth-order valence-electron chi connectivity index (χ4n) is 2.09. The summed E-state index contributed by atoms with van der Waals surface area (Å²) in [5.74, 6) is 0. The van der Waals surface area contributed by atoms with Gasteiger partial charge in [0.1, 0.15) is 6.10 Å². The number of aliphatic hydroxyl groups is 1. The Morgan fingerprint density at radius 2 is 2.05 bits per heavy atom. The second kappa shape index (κ2) is 4.68. The van der Waals surface area contributed by atoms with E-state index in [4.69, 9.17) is 16.0 Å². The molecule has 0 amide bonds. The summed E-state index contributed by atoms with van der Waals surface area (Å²) < 4.78 is 5.00. The highest BCUT2D eigenvalue weighted by Crippen LogP contribution is 2.30. The number of aromatic nitrogens is 1. The second-order valence-electron chi connectivity index (χ2n) is 4.46. The molecule has 2 aromatic heterocycles. The van der Waals surface area contributed by atoms with E-state index in [0.717, 1.165) is 22.2 Å². The molecule has 2 heterocycles. The third-order valence-corrected chi connectivity index (χ3v) is 3.42. The molecule has 1 atom stereocenters. The predicted octanol–water partition coefficient (Wildman–Crippen LogP) is 3.87. The third kappa shape index (κ3) is 2.23. The lowest BCUT2D eigenvalue weighted by Gasteiger charge is -2.10. The average molecular weight is 274 g/mol. The Hall–Kier alpha value is -1.84. The topological polar surface area (TPSA) is 46.3 Å². The van der Waals surface area contributed by atoms with Crippen LogP contribution in [-0.2, 0) is 0 Å². The summed E-state index contributed by atoms with van der Waals surface area (Å²) in [6.45, 7) is 1.95. The van der Waals surface area contributed by atoms with Crippen LogP contribution in [0, 0.1) is 6.92 Å². The number of hydrogen-bond donors (Lipinski definition) is 1. The summed E-state index contributed by atoms with van der Waals surface area (Å²) in [6.07, 6.45) is 0.671. The van der Waals surface area contributed by atoms with Gasteiger partial charge in [-0.2, -0.15) is 0 Å². The van der Waals surface area contributed by atoms with Crippen LogP contribution in [0.4, 0.5) is 0 Å². The molecule has 4 heteroatoms.